The Kier molecular flexibility index (Phi) is 7.68. The Morgan fingerprint density at radius 1 is 1.11 bits per heavy atom. The highest BCUT2D eigenvalue weighted by Gasteiger charge is 2.29. The summed E-state index contributed by atoms with van der Waals surface area (Å²) in [5, 5.41) is 5.16. The second-order valence-corrected chi connectivity index (χ2v) is 9.03. The van der Waals surface area contributed by atoms with Crippen LogP contribution < -0.4 is 11.3 Å². The van der Waals surface area contributed by atoms with E-state index in [1.54, 1.807) is 21.7 Å². The fraction of sp³-hybridized carbons (Fsp3) is 0.296. The van der Waals surface area contributed by atoms with Crippen molar-refractivity contribution in [2.45, 2.75) is 39.3 Å². The van der Waals surface area contributed by atoms with E-state index in [9.17, 15) is 9.59 Å². The molecule has 1 atom stereocenters. The second kappa shape index (κ2) is 10.9. The maximum absolute atomic E-state index is 13.7. The maximum Gasteiger partial charge on any atom is 0.279 e. The molecule has 4 aromatic rings. The van der Waals surface area contributed by atoms with Gasteiger partial charge in [-0.2, -0.15) is 5.10 Å². The molecule has 4 rings (SSSR count). The van der Waals surface area contributed by atoms with Gasteiger partial charge in [0, 0.05) is 18.3 Å². The highest BCUT2D eigenvalue weighted by molar-refractivity contribution is 6.33. The van der Waals surface area contributed by atoms with E-state index in [4.69, 9.17) is 22.4 Å². The van der Waals surface area contributed by atoms with Gasteiger partial charge in [0.25, 0.3) is 11.5 Å². The van der Waals surface area contributed by atoms with E-state index < -0.39 is 6.04 Å². The van der Waals surface area contributed by atoms with Gasteiger partial charge in [-0.25, -0.2) is 4.52 Å². The Hall–Kier alpha value is -3.42. The summed E-state index contributed by atoms with van der Waals surface area (Å²) in [6.45, 7) is 5.20. The van der Waals surface area contributed by atoms with Gasteiger partial charge in [0.1, 0.15) is 5.52 Å². The van der Waals surface area contributed by atoms with Gasteiger partial charge in [0.05, 0.1) is 17.6 Å². The fourth-order valence-electron chi connectivity index (χ4n) is 4.31. The van der Waals surface area contributed by atoms with Crippen LogP contribution in [0.4, 0.5) is 0 Å². The van der Waals surface area contributed by atoms with Crippen LogP contribution in [0.15, 0.2) is 71.7 Å². The van der Waals surface area contributed by atoms with Crippen molar-refractivity contribution in [2.75, 3.05) is 13.1 Å². The number of hydrogen-bond donors (Lipinski definition) is 1. The normalized spacial score (nSPS) is 12.1. The first-order valence-electron chi connectivity index (χ1n) is 11.8. The van der Waals surface area contributed by atoms with E-state index in [2.05, 4.69) is 0 Å². The number of halogens is 1. The van der Waals surface area contributed by atoms with Crippen molar-refractivity contribution in [1.29, 1.82) is 0 Å². The molecule has 1 unspecified atom stereocenters. The molecule has 0 saturated carbocycles. The van der Waals surface area contributed by atoms with Gasteiger partial charge in [-0.15, -0.1) is 0 Å². The number of carbonyl (C=O) groups is 1. The molecule has 0 radical (unpaired) electrons. The van der Waals surface area contributed by atoms with Crippen LogP contribution in [0, 0.1) is 6.92 Å². The molecule has 35 heavy (non-hydrogen) atoms. The van der Waals surface area contributed by atoms with Crippen LogP contribution in [0.2, 0.25) is 5.02 Å². The highest BCUT2D eigenvalue weighted by Crippen LogP contribution is 2.26. The molecule has 1 amide bonds. The Morgan fingerprint density at radius 3 is 2.49 bits per heavy atom. The van der Waals surface area contributed by atoms with Crippen molar-refractivity contribution in [2.24, 2.45) is 5.73 Å². The van der Waals surface area contributed by atoms with E-state index in [1.165, 1.54) is 4.52 Å². The number of amides is 1. The molecule has 2 heterocycles. The largest absolute Gasteiger partial charge is 0.330 e. The number of aromatic nitrogens is 3. The first kappa shape index (κ1) is 24.7. The lowest BCUT2D eigenvalue weighted by Crippen LogP contribution is -2.40. The Bertz CT molecular complexity index is 1360. The number of nitrogens with zero attached hydrogens (tertiary/aromatic N) is 4. The SMILES string of the molecule is CCC(c1nn2ccc(Cl)c2c(=O)n1Cc1ccccc1)N(CCCN)C(=O)c1ccc(C)cc1. The monoisotopic (exact) mass is 491 g/mol. The zero-order valence-electron chi connectivity index (χ0n) is 20.0. The summed E-state index contributed by atoms with van der Waals surface area (Å²) in [6.07, 6.45) is 2.88. The third kappa shape index (κ3) is 5.16. The molecule has 7 nitrogen and oxygen atoms in total. The van der Waals surface area contributed by atoms with Gasteiger partial charge in [-0.3, -0.25) is 14.2 Å². The molecule has 8 heteroatoms. The number of fused-ring (bicyclic) bond motifs is 1. The number of hydrogen-bond acceptors (Lipinski definition) is 4. The molecule has 0 spiro atoms. The molecule has 0 aliphatic rings. The summed E-state index contributed by atoms with van der Waals surface area (Å²) in [5.41, 5.74) is 8.53. The molecular weight excluding hydrogens is 462 g/mol. The third-order valence-corrected chi connectivity index (χ3v) is 6.46. The van der Waals surface area contributed by atoms with Crippen molar-refractivity contribution in [3.05, 3.63) is 105 Å². The number of rotatable bonds is 9. The minimum absolute atomic E-state index is 0.114. The molecular formula is C27H30ClN5O2. The molecule has 2 N–H and O–H groups in total. The lowest BCUT2D eigenvalue weighted by atomic mass is 10.1. The Labute approximate surface area is 209 Å². The number of carbonyl (C=O) groups excluding carboxylic acids is 1. The van der Waals surface area contributed by atoms with Gasteiger partial charge in [0.15, 0.2) is 5.82 Å². The molecule has 0 bridgehead atoms. The zero-order valence-corrected chi connectivity index (χ0v) is 20.8. The van der Waals surface area contributed by atoms with Crippen molar-refractivity contribution in [3.63, 3.8) is 0 Å². The molecule has 2 aromatic heterocycles. The van der Waals surface area contributed by atoms with E-state index >= 15 is 0 Å². The molecule has 0 saturated heterocycles. The highest BCUT2D eigenvalue weighted by atomic mass is 35.5. The summed E-state index contributed by atoms with van der Waals surface area (Å²) in [4.78, 5) is 29.2. The van der Waals surface area contributed by atoms with Crippen LogP contribution in [0.3, 0.4) is 0 Å². The van der Waals surface area contributed by atoms with Gasteiger partial charge in [-0.1, -0.05) is 66.6 Å². The Morgan fingerprint density at radius 2 is 1.83 bits per heavy atom. The van der Waals surface area contributed by atoms with Crippen LogP contribution in [0.25, 0.3) is 5.52 Å². The van der Waals surface area contributed by atoms with Gasteiger partial charge in [-0.05, 0) is 50.1 Å². The minimum atomic E-state index is -0.433. The molecule has 0 aliphatic heterocycles. The van der Waals surface area contributed by atoms with E-state index in [0.717, 1.165) is 11.1 Å². The number of nitrogens with two attached hydrogens (primary N) is 1. The predicted molar refractivity (Wildman–Crippen MR) is 139 cm³/mol. The number of benzene rings is 2. The average Bonchev–Trinajstić information content (AvgIpc) is 3.25. The van der Waals surface area contributed by atoms with Crippen LogP contribution in [0.5, 0.6) is 0 Å². The van der Waals surface area contributed by atoms with E-state index in [0.29, 0.717) is 54.4 Å². The quantitative estimate of drug-likeness (QED) is 0.375. The standard InChI is InChI=1S/C27H30ClN5O2/c1-3-23(31(16-7-15-29)26(34)21-12-10-19(2)11-13-21)25-30-33-17-14-22(28)24(33)27(35)32(25)18-20-8-5-4-6-9-20/h4-6,8-14,17,23H,3,7,15-16,18,29H2,1-2H3. The second-order valence-electron chi connectivity index (χ2n) is 8.62. The molecule has 0 aliphatic carbocycles. The van der Waals surface area contributed by atoms with Crippen LogP contribution in [-0.4, -0.2) is 38.1 Å². The van der Waals surface area contributed by atoms with Crippen molar-refractivity contribution >= 4 is 23.0 Å². The molecule has 0 fully saturated rings. The lowest BCUT2D eigenvalue weighted by Gasteiger charge is -2.32. The van der Waals surface area contributed by atoms with Gasteiger partial charge < -0.3 is 10.6 Å². The lowest BCUT2D eigenvalue weighted by molar-refractivity contribution is 0.0654. The van der Waals surface area contributed by atoms with Gasteiger partial charge in [0.2, 0.25) is 0 Å². The van der Waals surface area contributed by atoms with E-state index in [1.807, 2.05) is 68.4 Å². The van der Waals surface area contributed by atoms with Crippen molar-refractivity contribution < 1.29 is 4.79 Å². The van der Waals surface area contributed by atoms with Crippen molar-refractivity contribution in [3.8, 4) is 0 Å². The van der Waals surface area contributed by atoms with Gasteiger partial charge >= 0.3 is 0 Å². The predicted octanol–water partition coefficient (Wildman–Crippen LogP) is 4.45. The summed E-state index contributed by atoms with van der Waals surface area (Å²) in [5.74, 6) is 0.398. The Balaban J connectivity index is 1.86. The summed E-state index contributed by atoms with van der Waals surface area (Å²) < 4.78 is 3.16. The smallest absolute Gasteiger partial charge is 0.279 e. The first-order chi connectivity index (χ1) is 16.9. The summed E-state index contributed by atoms with van der Waals surface area (Å²) >= 11 is 6.34. The number of aryl methyl sites for hydroxylation is 1. The maximum atomic E-state index is 13.7. The fourth-order valence-corrected chi connectivity index (χ4v) is 4.53. The first-order valence-corrected chi connectivity index (χ1v) is 12.2. The molecule has 2 aromatic carbocycles. The summed E-state index contributed by atoms with van der Waals surface area (Å²) in [6, 6.07) is 18.5. The van der Waals surface area contributed by atoms with Crippen LogP contribution in [0.1, 0.15) is 53.1 Å². The zero-order chi connectivity index (χ0) is 24.9. The summed E-state index contributed by atoms with van der Waals surface area (Å²) in [7, 11) is 0. The minimum Gasteiger partial charge on any atom is -0.330 e. The molecule has 182 valence electrons. The van der Waals surface area contributed by atoms with Crippen LogP contribution >= 0.6 is 11.6 Å². The van der Waals surface area contributed by atoms with Crippen molar-refractivity contribution in [1.82, 2.24) is 19.1 Å². The van der Waals surface area contributed by atoms with Crippen LogP contribution in [-0.2, 0) is 6.54 Å². The van der Waals surface area contributed by atoms with E-state index in [-0.39, 0.29) is 11.5 Å². The average molecular weight is 492 g/mol. The topological polar surface area (TPSA) is 85.6 Å². The third-order valence-electron chi connectivity index (χ3n) is 6.16.